The van der Waals surface area contributed by atoms with Crippen molar-refractivity contribution < 1.29 is 24.5 Å². The number of carboxylic acid groups (broad SMARTS) is 2. The quantitative estimate of drug-likeness (QED) is 0.718. The van der Waals surface area contributed by atoms with E-state index in [0.717, 1.165) is 0 Å². The average Bonchev–Trinajstić information content (AvgIpc) is 2.52. The third-order valence-electron chi connectivity index (χ3n) is 3.20. The van der Waals surface area contributed by atoms with Crippen molar-refractivity contribution in [1.29, 1.82) is 0 Å². The molecule has 0 radical (unpaired) electrons. The van der Waals surface area contributed by atoms with Crippen molar-refractivity contribution in [3.63, 3.8) is 0 Å². The van der Waals surface area contributed by atoms with E-state index in [0.29, 0.717) is 0 Å². The lowest BCUT2D eigenvalue weighted by molar-refractivity contribution is -0.153. The number of rotatable bonds is 6. The SMILES string of the molecule is O=C(O)C(Oc1cc(Cl)c(Cl)cc1Cl)C(C(=O)O)c1ccccc1. The number of benzene rings is 2. The van der Waals surface area contributed by atoms with Crippen LogP contribution >= 0.6 is 34.8 Å². The molecule has 0 spiro atoms. The van der Waals surface area contributed by atoms with E-state index in [1.54, 1.807) is 18.2 Å². The highest BCUT2D eigenvalue weighted by atomic mass is 35.5. The predicted molar refractivity (Wildman–Crippen MR) is 90.3 cm³/mol. The Hall–Kier alpha value is -1.95. The van der Waals surface area contributed by atoms with Crippen LogP contribution in [0.5, 0.6) is 5.75 Å². The monoisotopic (exact) mass is 388 g/mol. The Morgan fingerprint density at radius 2 is 1.46 bits per heavy atom. The van der Waals surface area contributed by atoms with Crippen molar-refractivity contribution in [2.24, 2.45) is 0 Å². The Bertz CT molecular complexity index is 764. The van der Waals surface area contributed by atoms with E-state index in [4.69, 9.17) is 39.5 Å². The van der Waals surface area contributed by atoms with E-state index in [-0.39, 0.29) is 26.4 Å². The summed E-state index contributed by atoms with van der Waals surface area (Å²) in [6.45, 7) is 0. The van der Waals surface area contributed by atoms with E-state index in [2.05, 4.69) is 0 Å². The molecule has 2 aromatic carbocycles. The van der Waals surface area contributed by atoms with Crippen molar-refractivity contribution in [2.45, 2.75) is 12.0 Å². The number of hydrogen-bond acceptors (Lipinski definition) is 3. The van der Waals surface area contributed by atoms with Crippen molar-refractivity contribution in [3.05, 3.63) is 63.1 Å². The first-order valence-corrected chi connectivity index (χ1v) is 7.76. The molecule has 5 nitrogen and oxygen atoms in total. The van der Waals surface area contributed by atoms with Gasteiger partial charge in [0.1, 0.15) is 11.7 Å². The molecule has 2 rings (SSSR count). The Morgan fingerprint density at radius 3 is 2.00 bits per heavy atom. The summed E-state index contributed by atoms with van der Waals surface area (Å²) in [5.74, 6) is -4.30. The van der Waals surface area contributed by atoms with Gasteiger partial charge in [0, 0.05) is 6.07 Å². The largest absolute Gasteiger partial charge is 0.481 e. The van der Waals surface area contributed by atoms with Gasteiger partial charge in [0.25, 0.3) is 0 Å². The van der Waals surface area contributed by atoms with Crippen LogP contribution in [0.2, 0.25) is 15.1 Å². The van der Waals surface area contributed by atoms with Crippen molar-refractivity contribution in [2.75, 3.05) is 0 Å². The van der Waals surface area contributed by atoms with Gasteiger partial charge in [-0.3, -0.25) is 4.79 Å². The number of carbonyl (C=O) groups is 2. The molecule has 0 fully saturated rings. The number of halogens is 3. The van der Waals surface area contributed by atoms with E-state index in [1.165, 1.54) is 24.3 Å². The van der Waals surface area contributed by atoms with E-state index in [1.807, 2.05) is 0 Å². The summed E-state index contributed by atoms with van der Waals surface area (Å²) in [5, 5.41) is 19.2. The number of carboxylic acids is 2. The van der Waals surface area contributed by atoms with Crippen molar-refractivity contribution in [3.8, 4) is 5.75 Å². The highest BCUT2D eigenvalue weighted by Gasteiger charge is 2.37. The van der Waals surface area contributed by atoms with Crippen LogP contribution in [-0.4, -0.2) is 28.3 Å². The van der Waals surface area contributed by atoms with Crippen LogP contribution in [0.25, 0.3) is 0 Å². The van der Waals surface area contributed by atoms with Crippen LogP contribution in [0, 0.1) is 0 Å². The summed E-state index contributed by atoms with van der Waals surface area (Å²) in [7, 11) is 0. The maximum atomic E-state index is 11.6. The molecule has 2 aromatic rings. The van der Waals surface area contributed by atoms with Gasteiger partial charge in [-0.25, -0.2) is 4.79 Å². The normalized spacial score (nSPS) is 13.1. The van der Waals surface area contributed by atoms with Gasteiger partial charge in [-0.05, 0) is 11.6 Å². The third kappa shape index (κ3) is 4.12. The second-order valence-electron chi connectivity index (χ2n) is 4.80. The molecule has 0 bridgehead atoms. The lowest BCUT2D eigenvalue weighted by atomic mass is 9.93. The van der Waals surface area contributed by atoms with Crippen LogP contribution < -0.4 is 4.74 Å². The van der Waals surface area contributed by atoms with Gasteiger partial charge >= 0.3 is 11.9 Å². The van der Waals surface area contributed by atoms with Gasteiger partial charge in [0.15, 0.2) is 0 Å². The van der Waals surface area contributed by atoms with Crippen LogP contribution in [-0.2, 0) is 9.59 Å². The zero-order chi connectivity index (χ0) is 17.9. The molecule has 126 valence electrons. The second-order valence-corrected chi connectivity index (χ2v) is 6.02. The molecular formula is C16H11Cl3O5. The second kappa shape index (κ2) is 7.75. The standard InChI is InChI=1S/C16H11Cl3O5/c17-9-6-11(19)12(7-10(9)18)24-14(16(22)23)13(15(20)21)8-4-2-1-3-5-8/h1-7,13-14H,(H,20,21)(H,22,23). The molecule has 2 atom stereocenters. The zero-order valence-corrected chi connectivity index (χ0v) is 14.2. The summed E-state index contributed by atoms with van der Waals surface area (Å²) >= 11 is 17.7. The van der Waals surface area contributed by atoms with E-state index in [9.17, 15) is 19.8 Å². The first-order valence-electron chi connectivity index (χ1n) is 6.63. The lowest BCUT2D eigenvalue weighted by Crippen LogP contribution is -2.38. The smallest absolute Gasteiger partial charge is 0.346 e. The Morgan fingerprint density at radius 1 is 0.875 bits per heavy atom. The zero-order valence-electron chi connectivity index (χ0n) is 11.9. The molecule has 24 heavy (non-hydrogen) atoms. The molecule has 0 saturated heterocycles. The predicted octanol–water partition coefficient (Wildman–Crippen LogP) is 4.35. The van der Waals surface area contributed by atoms with Crippen molar-refractivity contribution >= 4 is 46.7 Å². The summed E-state index contributed by atoms with van der Waals surface area (Å²) in [4.78, 5) is 23.2. The van der Waals surface area contributed by atoms with Gasteiger partial charge in [-0.1, -0.05) is 65.1 Å². The minimum Gasteiger partial charge on any atom is -0.481 e. The van der Waals surface area contributed by atoms with E-state index >= 15 is 0 Å². The highest BCUT2D eigenvalue weighted by molar-refractivity contribution is 6.43. The van der Waals surface area contributed by atoms with Gasteiger partial charge in [-0.15, -0.1) is 0 Å². The third-order valence-corrected chi connectivity index (χ3v) is 4.22. The first kappa shape index (κ1) is 18.4. The van der Waals surface area contributed by atoms with Crippen LogP contribution in [0.1, 0.15) is 11.5 Å². The molecule has 2 N–H and O–H groups in total. The molecule has 0 aromatic heterocycles. The number of aliphatic carboxylic acids is 2. The molecule has 0 aliphatic carbocycles. The van der Waals surface area contributed by atoms with Crippen LogP contribution in [0.4, 0.5) is 0 Å². The minimum atomic E-state index is -1.71. The van der Waals surface area contributed by atoms with Gasteiger partial charge in [-0.2, -0.15) is 0 Å². The molecule has 0 heterocycles. The van der Waals surface area contributed by atoms with Gasteiger partial charge in [0.2, 0.25) is 6.10 Å². The Kier molecular flexibility index (Phi) is 5.94. The summed E-state index contributed by atoms with van der Waals surface area (Å²) in [5.41, 5.74) is 0.286. The number of ether oxygens (including phenoxy) is 1. The summed E-state index contributed by atoms with van der Waals surface area (Å²) in [6.07, 6.45) is -1.71. The first-order chi connectivity index (χ1) is 11.3. The fourth-order valence-electron chi connectivity index (χ4n) is 2.10. The minimum absolute atomic E-state index is 0.0212. The van der Waals surface area contributed by atoms with Gasteiger partial charge in [0.05, 0.1) is 15.1 Å². The summed E-state index contributed by atoms with van der Waals surface area (Å²) in [6, 6.07) is 10.5. The van der Waals surface area contributed by atoms with Crippen molar-refractivity contribution in [1.82, 2.24) is 0 Å². The fraction of sp³-hybridized carbons (Fsp3) is 0.125. The summed E-state index contributed by atoms with van der Waals surface area (Å²) < 4.78 is 5.36. The maximum Gasteiger partial charge on any atom is 0.346 e. The topological polar surface area (TPSA) is 83.8 Å². The molecule has 0 aliphatic heterocycles. The molecule has 8 heteroatoms. The Labute approximate surface area is 152 Å². The fourth-order valence-corrected chi connectivity index (χ4v) is 2.68. The van der Waals surface area contributed by atoms with Crippen LogP contribution in [0.15, 0.2) is 42.5 Å². The molecule has 0 aliphatic rings. The van der Waals surface area contributed by atoms with E-state index < -0.39 is 24.0 Å². The lowest BCUT2D eigenvalue weighted by Gasteiger charge is -2.22. The molecule has 0 amide bonds. The Balaban J connectivity index is 2.43. The van der Waals surface area contributed by atoms with Crippen LogP contribution in [0.3, 0.4) is 0 Å². The maximum absolute atomic E-state index is 11.6. The average molecular weight is 390 g/mol. The molecule has 2 unspecified atom stereocenters. The van der Waals surface area contributed by atoms with Gasteiger partial charge < -0.3 is 14.9 Å². The number of hydrogen-bond donors (Lipinski definition) is 2. The molecule has 0 saturated carbocycles. The highest BCUT2D eigenvalue weighted by Crippen LogP contribution is 2.36. The molecular weight excluding hydrogens is 379 g/mol.